The molecule has 5 heteroatoms. The maximum atomic E-state index is 11.6. The number of fused-ring (bicyclic) bond motifs is 1. The first-order chi connectivity index (χ1) is 8.90. The third-order valence-electron chi connectivity index (χ3n) is 3.67. The van der Waals surface area contributed by atoms with Gasteiger partial charge in [-0.1, -0.05) is 12.1 Å². The number of carbonyl (C=O) groups excluding carboxylic acids is 1. The van der Waals surface area contributed by atoms with Crippen molar-refractivity contribution in [1.82, 2.24) is 4.90 Å². The van der Waals surface area contributed by atoms with Crippen LogP contribution in [0.25, 0.3) is 0 Å². The van der Waals surface area contributed by atoms with Gasteiger partial charge in [0.2, 0.25) is 5.91 Å². The molecule has 1 N–H and O–H groups in total. The molecule has 1 aromatic rings. The van der Waals surface area contributed by atoms with Crippen molar-refractivity contribution in [2.75, 3.05) is 19.0 Å². The predicted molar refractivity (Wildman–Crippen MR) is 72.1 cm³/mol. The summed E-state index contributed by atoms with van der Waals surface area (Å²) in [4.78, 5) is 25.9. The maximum Gasteiger partial charge on any atom is 0.320 e. The topological polar surface area (TPSA) is 60.9 Å². The van der Waals surface area contributed by atoms with Gasteiger partial charge in [-0.2, -0.15) is 0 Å². The van der Waals surface area contributed by atoms with E-state index in [-0.39, 0.29) is 5.91 Å². The average molecular weight is 262 g/mol. The van der Waals surface area contributed by atoms with Gasteiger partial charge in [-0.25, -0.2) is 0 Å². The van der Waals surface area contributed by atoms with Gasteiger partial charge in [-0.05, 0) is 31.2 Å². The molecule has 1 aliphatic rings. The summed E-state index contributed by atoms with van der Waals surface area (Å²) in [5.74, 6) is -0.738. The van der Waals surface area contributed by atoms with Crippen LogP contribution in [0.1, 0.15) is 18.1 Å². The van der Waals surface area contributed by atoms with E-state index in [1.807, 2.05) is 18.2 Å². The number of amides is 1. The van der Waals surface area contributed by atoms with E-state index in [2.05, 4.69) is 0 Å². The Balaban J connectivity index is 2.14. The molecule has 1 amide bonds. The van der Waals surface area contributed by atoms with Crippen molar-refractivity contribution in [2.24, 2.45) is 0 Å². The van der Waals surface area contributed by atoms with Crippen LogP contribution in [0, 0.1) is 0 Å². The Morgan fingerprint density at radius 1 is 1.53 bits per heavy atom. The molecule has 0 aliphatic carbocycles. The van der Waals surface area contributed by atoms with Crippen LogP contribution in [0.5, 0.6) is 0 Å². The number of benzene rings is 1. The second-order valence-electron chi connectivity index (χ2n) is 5.02. The van der Waals surface area contributed by atoms with Gasteiger partial charge in [-0.15, -0.1) is 0 Å². The third kappa shape index (κ3) is 2.61. The van der Waals surface area contributed by atoms with Gasteiger partial charge in [0.05, 0.1) is 6.42 Å². The lowest BCUT2D eigenvalue weighted by Gasteiger charge is -2.21. The van der Waals surface area contributed by atoms with Crippen LogP contribution in [0.2, 0.25) is 0 Å². The fourth-order valence-electron chi connectivity index (χ4n) is 2.24. The lowest BCUT2D eigenvalue weighted by Crippen LogP contribution is -2.35. The number of rotatable bonds is 4. The predicted octanol–water partition coefficient (Wildman–Crippen LogP) is 1.11. The SMILES string of the molecule is CC(C(=O)O)N(C)Cc1ccc2c(c1)CC(=O)N2C. The van der Waals surface area contributed by atoms with E-state index in [0.29, 0.717) is 13.0 Å². The fourth-order valence-corrected chi connectivity index (χ4v) is 2.24. The zero-order valence-electron chi connectivity index (χ0n) is 11.4. The van der Waals surface area contributed by atoms with Crippen LogP contribution in [0.15, 0.2) is 18.2 Å². The minimum absolute atomic E-state index is 0.0967. The van der Waals surface area contributed by atoms with E-state index in [0.717, 1.165) is 16.8 Å². The fraction of sp³-hybridized carbons (Fsp3) is 0.429. The Bertz CT molecular complexity index is 527. The summed E-state index contributed by atoms with van der Waals surface area (Å²) in [6, 6.07) is 5.33. The van der Waals surface area contributed by atoms with Crippen LogP contribution in [-0.4, -0.2) is 42.0 Å². The standard InChI is InChI=1S/C14H18N2O3/c1-9(14(18)19)15(2)8-10-4-5-12-11(6-10)7-13(17)16(12)3/h4-6,9H,7-8H2,1-3H3,(H,18,19). The molecule has 0 spiro atoms. The minimum Gasteiger partial charge on any atom is -0.480 e. The van der Waals surface area contributed by atoms with Crippen molar-refractivity contribution in [3.05, 3.63) is 29.3 Å². The molecule has 19 heavy (non-hydrogen) atoms. The van der Waals surface area contributed by atoms with Gasteiger partial charge in [-0.3, -0.25) is 14.5 Å². The molecular formula is C14H18N2O3. The number of carboxylic acid groups (broad SMARTS) is 1. The molecule has 1 heterocycles. The molecule has 1 aliphatic heterocycles. The molecule has 0 bridgehead atoms. The number of likely N-dealkylation sites (N-methyl/N-ethyl adjacent to an activating group) is 2. The second-order valence-corrected chi connectivity index (χ2v) is 5.02. The third-order valence-corrected chi connectivity index (χ3v) is 3.67. The Morgan fingerprint density at radius 2 is 2.21 bits per heavy atom. The summed E-state index contributed by atoms with van der Waals surface area (Å²) >= 11 is 0. The number of carboxylic acids is 1. The normalized spacial score (nSPS) is 15.8. The molecule has 1 atom stereocenters. The summed E-state index contributed by atoms with van der Waals surface area (Å²) in [7, 11) is 3.55. The van der Waals surface area contributed by atoms with Crippen molar-refractivity contribution in [1.29, 1.82) is 0 Å². The number of aliphatic carboxylic acids is 1. The second kappa shape index (κ2) is 5.01. The highest BCUT2D eigenvalue weighted by Gasteiger charge is 2.24. The summed E-state index contributed by atoms with van der Waals surface area (Å²) in [6.07, 6.45) is 0.428. The number of hydrogen-bond acceptors (Lipinski definition) is 3. The van der Waals surface area contributed by atoms with Crippen LogP contribution >= 0.6 is 0 Å². The molecule has 1 aromatic carbocycles. The van der Waals surface area contributed by atoms with Gasteiger partial charge < -0.3 is 10.0 Å². The molecule has 102 valence electrons. The van der Waals surface area contributed by atoms with Crippen molar-refractivity contribution in [3.8, 4) is 0 Å². The minimum atomic E-state index is -0.835. The molecule has 0 saturated carbocycles. The van der Waals surface area contributed by atoms with Crippen molar-refractivity contribution in [2.45, 2.75) is 25.9 Å². The lowest BCUT2D eigenvalue weighted by molar-refractivity contribution is -0.142. The molecule has 1 unspecified atom stereocenters. The van der Waals surface area contributed by atoms with Gasteiger partial charge in [0, 0.05) is 19.3 Å². The Morgan fingerprint density at radius 3 is 2.84 bits per heavy atom. The molecule has 0 fully saturated rings. The summed E-state index contributed by atoms with van der Waals surface area (Å²) in [6.45, 7) is 2.21. The number of nitrogens with zero attached hydrogens (tertiary/aromatic N) is 2. The zero-order chi connectivity index (χ0) is 14.2. The number of hydrogen-bond donors (Lipinski definition) is 1. The van der Waals surface area contributed by atoms with Crippen molar-refractivity contribution < 1.29 is 14.7 Å². The molecule has 0 radical (unpaired) electrons. The zero-order valence-corrected chi connectivity index (χ0v) is 11.4. The Labute approximate surface area is 112 Å². The lowest BCUT2D eigenvalue weighted by atomic mass is 10.1. The molecule has 0 aromatic heterocycles. The largest absolute Gasteiger partial charge is 0.480 e. The van der Waals surface area contributed by atoms with Crippen molar-refractivity contribution in [3.63, 3.8) is 0 Å². The summed E-state index contributed by atoms with van der Waals surface area (Å²) in [5, 5.41) is 8.96. The number of carbonyl (C=O) groups is 2. The molecule has 2 rings (SSSR count). The highest BCUT2D eigenvalue weighted by molar-refractivity contribution is 6.00. The van der Waals surface area contributed by atoms with E-state index in [1.54, 1.807) is 30.8 Å². The van der Waals surface area contributed by atoms with Crippen LogP contribution in [0.3, 0.4) is 0 Å². The Hall–Kier alpha value is -1.88. The van der Waals surface area contributed by atoms with Gasteiger partial charge in [0.25, 0.3) is 0 Å². The quantitative estimate of drug-likeness (QED) is 0.883. The first-order valence-corrected chi connectivity index (χ1v) is 6.21. The molecular weight excluding hydrogens is 244 g/mol. The van der Waals surface area contributed by atoms with Gasteiger partial charge in [0.1, 0.15) is 6.04 Å². The molecule has 5 nitrogen and oxygen atoms in total. The Kier molecular flexibility index (Phi) is 3.57. The first kappa shape index (κ1) is 13.5. The first-order valence-electron chi connectivity index (χ1n) is 6.21. The van der Waals surface area contributed by atoms with E-state index in [9.17, 15) is 9.59 Å². The van der Waals surface area contributed by atoms with Crippen LogP contribution in [-0.2, 0) is 22.6 Å². The summed E-state index contributed by atoms with van der Waals surface area (Å²) in [5.41, 5.74) is 2.99. The smallest absolute Gasteiger partial charge is 0.320 e. The highest BCUT2D eigenvalue weighted by atomic mass is 16.4. The van der Waals surface area contributed by atoms with E-state index in [4.69, 9.17) is 5.11 Å². The maximum absolute atomic E-state index is 11.6. The van der Waals surface area contributed by atoms with E-state index >= 15 is 0 Å². The van der Waals surface area contributed by atoms with Crippen LogP contribution < -0.4 is 4.90 Å². The summed E-state index contributed by atoms with van der Waals surface area (Å²) < 4.78 is 0. The van der Waals surface area contributed by atoms with Crippen LogP contribution in [0.4, 0.5) is 5.69 Å². The highest BCUT2D eigenvalue weighted by Crippen LogP contribution is 2.28. The van der Waals surface area contributed by atoms with E-state index < -0.39 is 12.0 Å². The van der Waals surface area contributed by atoms with E-state index in [1.165, 1.54) is 0 Å². The average Bonchev–Trinajstić information content (AvgIpc) is 2.63. The number of anilines is 1. The van der Waals surface area contributed by atoms with Gasteiger partial charge in [0.15, 0.2) is 0 Å². The monoisotopic (exact) mass is 262 g/mol. The van der Waals surface area contributed by atoms with Gasteiger partial charge >= 0.3 is 5.97 Å². The molecule has 0 saturated heterocycles. The van der Waals surface area contributed by atoms with Crippen molar-refractivity contribution >= 4 is 17.6 Å².